The first kappa shape index (κ1) is 24.0. The maximum Gasteiger partial charge on any atom is 0.247 e. The number of rotatable bonds is 6. The molecule has 31 heavy (non-hydrogen) atoms. The van der Waals surface area contributed by atoms with Crippen LogP contribution in [0.4, 0.5) is 0 Å². The van der Waals surface area contributed by atoms with Crippen LogP contribution in [0, 0.1) is 20.8 Å². The zero-order chi connectivity index (χ0) is 23.0. The van der Waals surface area contributed by atoms with Crippen molar-refractivity contribution in [3.63, 3.8) is 0 Å². The summed E-state index contributed by atoms with van der Waals surface area (Å²) in [6.07, 6.45) is 2.06. The van der Waals surface area contributed by atoms with Gasteiger partial charge in [0, 0.05) is 0 Å². The minimum Gasteiger partial charge on any atom is -0.149 e. The minimum absolute atomic E-state index is 1.03. The first-order valence-corrected chi connectivity index (χ1v) is 18.0. The molecule has 0 aliphatic carbocycles. The zero-order valence-corrected chi connectivity index (χ0v) is 23.2. The molecule has 0 radical (unpaired) electrons. The maximum absolute atomic E-state index is 7.97. The third-order valence-electron chi connectivity index (χ3n) is 6.23. The average molecular weight is 465 g/mol. The molecule has 3 rings (SSSR count). The summed E-state index contributed by atoms with van der Waals surface area (Å²) in [5.41, 5.74) is 6.66. The van der Waals surface area contributed by atoms with E-state index in [-0.39, 0.29) is 0 Å². The van der Waals surface area contributed by atoms with Gasteiger partial charge in [0.2, 0.25) is 7.38 Å². The molecule has 3 heteroatoms. The van der Waals surface area contributed by atoms with Crippen molar-refractivity contribution in [3.05, 3.63) is 82.4 Å². The lowest BCUT2D eigenvalue weighted by molar-refractivity contribution is 1.09. The molecule has 1 unspecified atom stereocenters. The molecule has 0 aliphatic heterocycles. The van der Waals surface area contributed by atoms with E-state index >= 15 is 0 Å². The van der Waals surface area contributed by atoms with Crippen molar-refractivity contribution in [2.75, 3.05) is 0 Å². The van der Waals surface area contributed by atoms with Crippen LogP contribution in [0.3, 0.4) is 0 Å². The molecule has 0 nitrogen and oxygen atoms in total. The van der Waals surface area contributed by atoms with E-state index in [2.05, 4.69) is 109 Å². The van der Waals surface area contributed by atoms with Crippen LogP contribution in [0.15, 0.2) is 54.6 Å². The van der Waals surface area contributed by atoms with Gasteiger partial charge in [0.1, 0.15) is 0 Å². The van der Waals surface area contributed by atoms with E-state index in [0.29, 0.717) is 0 Å². The summed E-state index contributed by atoms with van der Waals surface area (Å²) in [7, 11) is -4.15. The van der Waals surface area contributed by atoms with Gasteiger partial charge in [-0.2, -0.15) is 0 Å². The largest absolute Gasteiger partial charge is 0.247 e. The average Bonchev–Trinajstić information content (AvgIpc) is 2.70. The third kappa shape index (κ3) is 5.08. The molecule has 0 N–H and O–H groups in total. The molecular weight excluding hydrogens is 428 g/mol. The second-order valence-corrected chi connectivity index (χ2v) is 19.9. The van der Waals surface area contributed by atoms with Gasteiger partial charge in [-0.3, -0.25) is 0 Å². The topological polar surface area (TPSA) is 0 Å². The monoisotopic (exact) mass is 464 g/mol. The fraction of sp³-hybridized carbons (Fsp3) is 0.357. The van der Waals surface area contributed by atoms with E-state index in [1.165, 1.54) is 48.6 Å². The molecule has 1 atom stereocenters. The number of hydrogen-bond donors (Lipinski definition) is 0. The summed E-state index contributed by atoms with van der Waals surface area (Å²) in [4.78, 5) is 0. The molecule has 0 heterocycles. The van der Waals surface area contributed by atoms with Gasteiger partial charge in [-0.15, -0.1) is 11.1 Å². The Labute approximate surface area is 196 Å². The van der Waals surface area contributed by atoms with Crippen LogP contribution in [-0.4, -0.2) is 15.5 Å². The highest BCUT2D eigenvalue weighted by molar-refractivity contribution is 7.40. The highest BCUT2D eigenvalue weighted by atomic mass is 35.6. The zero-order valence-electron chi connectivity index (χ0n) is 20.5. The number of hydrogen-bond acceptors (Lipinski definition) is 0. The predicted molar refractivity (Wildman–Crippen MR) is 146 cm³/mol. The molecule has 0 aromatic heterocycles. The van der Waals surface area contributed by atoms with Crippen molar-refractivity contribution < 1.29 is 0 Å². The highest BCUT2D eigenvalue weighted by Crippen LogP contribution is 2.18. The van der Waals surface area contributed by atoms with Crippen molar-refractivity contribution in [2.24, 2.45) is 0 Å². The van der Waals surface area contributed by atoms with E-state index in [1.807, 2.05) is 0 Å². The SMILES string of the molecule is CCc1cc(CC)cc([Si](Cl)(c2cc(C)cc(C)c2)c2cc(C)cc([Si](C)(C)C)c2)c1. The van der Waals surface area contributed by atoms with Gasteiger partial charge in [-0.05, 0) is 60.3 Å². The highest BCUT2D eigenvalue weighted by Gasteiger charge is 2.39. The Morgan fingerprint density at radius 2 is 0.935 bits per heavy atom. The van der Waals surface area contributed by atoms with Crippen LogP contribution >= 0.6 is 11.1 Å². The fourth-order valence-corrected chi connectivity index (χ4v) is 10.2. The lowest BCUT2D eigenvalue weighted by Gasteiger charge is -2.30. The van der Waals surface area contributed by atoms with E-state index in [1.54, 1.807) is 0 Å². The quantitative estimate of drug-likeness (QED) is 0.257. The number of aryl methyl sites for hydroxylation is 5. The van der Waals surface area contributed by atoms with Gasteiger partial charge >= 0.3 is 0 Å². The molecule has 0 fully saturated rings. The molecule has 3 aromatic rings. The van der Waals surface area contributed by atoms with Crippen molar-refractivity contribution in [3.8, 4) is 0 Å². The molecule has 0 bridgehead atoms. The maximum atomic E-state index is 7.97. The molecule has 0 saturated carbocycles. The third-order valence-corrected chi connectivity index (χ3v) is 13.5. The van der Waals surface area contributed by atoms with E-state index in [4.69, 9.17) is 11.1 Å². The first-order chi connectivity index (χ1) is 14.5. The van der Waals surface area contributed by atoms with E-state index in [0.717, 1.165) is 12.8 Å². The van der Waals surface area contributed by atoms with Gasteiger partial charge < -0.3 is 0 Å². The van der Waals surface area contributed by atoms with Crippen LogP contribution in [0.5, 0.6) is 0 Å². The lowest BCUT2D eigenvalue weighted by Crippen LogP contribution is -2.64. The summed E-state index contributed by atoms with van der Waals surface area (Å²) in [6, 6.07) is 21.2. The normalized spacial score (nSPS) is 13.8. The molecule has 0 saturated heterocycles. The van der Waals surface area contributed by atoms with Crippen LogP contribution in [-0.2, 0) is 12.8 Å². The van der Waals surface area contributed by atoms with Gasteiger partial charge in [-0.1, -0.05) is 110 Å². The Bertz CT molecular complexity index is 1050. The van der Waals surface area contributed by atoms with Crippen molar-refractivity contribution in [1.82, 2.24) is 0 Å². The van der Waals surface area contributed by atoms with Crippen LogP contribution in [0.1, 0.15) is 41.7 Å². The van der Waals surface area contributed by atoms with Gasteiger partial charge in [0.15, 0.2) is 0 Å². The Morgan fingerprint density at radius 3 is 1.39 bits per heavy atom. The fourth-order valence-electron chi connectivity index (χ4n) is 4.46. The minimum atomic E-state index is -2.68. The number of benzene rings is 3. The first-order valence-electron chi connectivity index (χ1n) is 11.5. The van der Waals surface area contributed by atoms with Gasteiger partial charge in [-0.25, -0.2) is 0 Å². The summed E-state index contributed by atoms with van der Waals surface area (Å²) in [5, 5.41) is 5.44. The Balaban J connectivity index is 2.40. The van der Waals surface area contributed by atoms with Crippen LogP contribution in [0.2, 0.25) is 19.6 Å². The summed E-state index contributed by atoms with van der Waals surface area (Å²) < 4.78 is 0. The van der Waals surface area contributed by atoms with Crippen LogP contribution in [0.25, 0.3) is 0 Å². The Kier molecular flexibility index (Phi) is 7.05. The molecule has 0 spiro atoms. The summed E-state index contributed by atoms with van der Waals surface area (Å²) >= 11 is 7.97. The van der Waals surface area contributed by atoms with Gasteiger partial charge in [0.25, 0.3) is 0 Å². The van der Waals surface area contributed by atoms with Crippen molar-refractivity contribution >= 4 is 47.3 Å². The van der Waals surface area contributed by atoms with Crippen LogP contribution < -0.4 is 20.7 Å². The molecule has 3 aromatic carbocycles. The van der Waals surface area contributed by atoms with E-state index < -0.39 is 15.5 Å². The Hall–Kier alpha value is -1.62. The standard InChI is InChI=1S/C28H37ClSi2/c1-9-23-16-24(10-2)18-28(17-23)31(29,26-13-20(3)11-21(4)14-26)27-15-22(5)12-25(19-27)30(6,7)8/h11-19H,9-10H2,1-8H3. The van der Waals surface area contributed by atoms with E-state index in [9.17, 15) is 0 Å². The molecular formula is C28H37ClSi2. The van der Waals surface area contributed by atoms with Crippen molar-refractivity contribution in [1.29, 1.82) is 0 Å². The molecule has 0 aliphatic rings. The molecule has 0 amide bonds. The lowest BCUT2D eigenvalue weighted by atomic mass is 10.1. The second kappa shape index (κ2) is 9.09. The summed E-state index contributed by atoms with van der Waals surface area (Å²) in [6.45, 7) is 18.3. The van der Waals surface area contributed by atoms with Crippen molar-refractivity contribution in [2.45, 2.75) is 67.1 Å². The summed E-state index contributed by atoms with van der Waals surface area (Å²) in [5.74, 6) is 0. The predicted octanol–water partition coefficient (Wildman–Crippen LogP) is 5.49. The smallest absolute Gasteiger partial charge is 0.149 e. The molecule has 164 valence electrons. The Morgan fingerprint density at radius 1 is 0.548 bits per heavy atom. The van der Waals surface area contributed by atoms with Gasteiger partial charge in [0.05, 0.1) is 8.07 Å². The number of halogens is 1. The second-order valence-electron chi connectivity index (χ2n) is 10.1.